The lowest BCUT2D eigenvalue weighted by atomic mass is 9.92. The molecule has 4 heteroatoms. The first-order valence-corrected chi connectivity index (χ1v) is 9.49. The molecule has 0 bridgehead atoms. The quantitative estimate of drug-likeness (QED) is 0.854. The van der Waals surface area contributed by atoms with Crippen LogP contribution in [-0.4, -0.2) is 53.7 Å². The van der Waals surface area contributed by atoms with Crippen molar-refractivity contribution in [1.29, 1.82) is 0 Å². The zero-order chi connectivity index (χ0) is 16.7. The molecular formula is C19H27N3S. The number of hydrogen-bond acceptors (Lipinski definition) is 4. The SMILES string of the molecule is C=CC1=C2C(SC)CC(C3NCCN3C)N2C(C=C)=C(C)C1=C. The van der Waals surface area contributed by atoms with E-state index in [2.05, 4.69) is 55.1 Å². The molecule has 124 valence electrons. The molecule has 3 unspecified atom stereocenters. The van der Waals surface area contributed by atoms with Gasteiger partial charge in [0.05, 0.1) is 12.2 Å². The summed E-state index contributed by atoms with van der Waals surface area (Å²) in [5.74, 6) is 0. The number of likely N-dealkylation sites (N-methyl/N-ethyl adjacent to an activating group) is 1. The van der Waals surface area contributed by atoms with E-state index in [4.69, 9.17) is 0 Å². The molecule has 3 aliphatic rings. The second kappa shape index (κ2) is 6.34. The number of allylic oxidation sites excluding steroid dienone is 5. The monoisotopic (exact) mass is 329 g/mol. The van der Waals surface area contributed by atoms with Gasteiger partial charge in [-0.25, -0.2) is 0 Å². The summed E-state index contributed by atoms with van der Waals surface area (Å²) in [4.78, 5) is 4.94. The highest BCUT2D eigenvalue weighted by atomic mass is 32.2. The van der Waals surface area contributed by atoms with Crippen molar-refractivity contribution in [3.63, 3.8) is 0 Å². The molecule has 0 saturated carbocycles. The third kappa shape index (κ3) is 2.44. The first kappa shape index (κ1) is 16.6. The Bertz CT molecular complexity index is 616. The molecule has 3 nitrogen and oxygen atoms in total. The highest BCUT2D eigenvalue weighted by Gasteiger charge is 2.46. The largest absolute Gasteiger partial charge is 0.337 e. The van der Waals surface area contributed by atoms with Crippen molar-refractivity contribution in [3.8, 4) is 0 Å². The van der Waals surface area contributed by atoms with E-state index in [-0.39, 0.29) is 0 Å². The van der Waals surface area contributed by atoms with Gasteiger partial charge >= 0.3 is 0 Å². The van der Waals surface area contributed by atoms with Crippen LogP contribution in [0.4, 0.5) is 0 Å². The molecule has 0 spiro atoms. The summed E-state index contributed by atoms with van der Waals surface area (Å²) < 4.78 is 0. The Kier molecular flexibility index (Phi) is 4.59. The zero-order valence-corrected chi connectivity index (χ0v) is 15.2. The van der Waals surface area contributed by atoms with Gasteiger partial charge in [-0.15, -0.1) is 0 Å². The second-order valence-corrected chi connectivity index (χ2v) is 7.51. The van der Waals surface area contributed by atoms with E-state index in [1.165, 1.54) is 22.5 Å². The van der Waals surface area contributed by atoms with E-state index in [1.807, 2.05) is 23.9 Å². The van der Waals surface area contributed by atoms with E-state index in [1.54, 1.807) is 0 Å². The van der Waals surface area contributed by atoms with Crippen molar-refractivity contribution in [1.82, 2.24) is 15.1 Å². The van der Waals surface area contributed by atoms with Crippen LogP contribution in [0.25, 0.3) is 0 Å². The average Bonchev–Trinajstić information content (AvgIpc) is 3.12. The van der Waals surface area contributed by atoms with Crippen LogP contribution < -0.4 is 5.32 Å². The minimum atomic E-state index is 0.377. The smallest absolute Gasteiger partial charge is 0.0810 e. The molecule has 2 saturated heterocycles. The molecule has 23 heavy (non-hydrogen) atoms. The van der Waals surface area contributed by atoms with Gasteiger partial charge in [0.15, 0.2) is 0 Å². The van der Waals surface area contributed by atoms with Crippen molar-refractivity contribution >= 4 is 11.8 Å². The number of nitrogens with one attached hydrogen (secondary N) is 1. The summed E-state index contributed by atoms with van der Waals surface area (Å²) >= 11 is 1.93. The predicted molar refractivity (Wildman–Crippen MR) is 101 cm³/mol. The highest BCUT2D eigenvalue weighted by molar-refractivity contribution is 7.99. The summed E-state index contributed by atoms with van der Waals surface area (Å²) in [5, 5.41) is 4.15. The summed E-state index contributed by atoms with van der Waals surface area (Å²) in [6.45, 7) is 16.8. The van der Waals surface area contributed by atoms with Gasteiger partial charge in [-0.1, -0.05) is 25.8 Å². The molecule has 2 fully saturated rings. The van der Waals surface area contributed by atoms with Crippen molar-refractivity contribution in [2.45, 2.75) is 30.8 Å². The molecule has 0 aromatic carbocycles. The lowest BCUT2D eigenvalue weighted by Gasteiger charge is -2.39. The van der Waals surface area contributed by atoms with Crippen LogP contribution in [0.5, 0.6) is 0 Å². The van der Waals surface area contributed by atoms with Crippen LogP contribution >= 0.6 is 11.8 Å². The molecule has 0 radical (unpaired) electrons. The standard InChI is InChI=1S/C19H27N3S/c1-7-14-12(3)13(4)15(8-2)22-16(11-17(23-6)18(14)22)19-20-9-10-21(19)5/h7-8,16-17,19-20H,1-3,9-11H2,4-6H3. The van der Waals surface area contributed by atoms with E-state index in [9.17, 15) is 0 Å². The number of rotatable bonds is 4. The Morgan fingerprint density at radius 1 is 1.30 bits per heavy atom. The van der Waals surface area contributed by atoms with Crippen molar-refractivity contribution in [2.24, 2.45) is 0 Å². The fourth-order valence-corrected chi connectivity index (χ4v) is 5.00. The number of hydrogen-bond donors (Lipinski definition) is 1. The lowest BCUT2D eigenvalue weighted by molar-refractivity contribution is 0.181. The van der Waals surface area contributed by atoms with E-state index >= 15 is 0 Å². The summed E-state index contributed by atoms with van der Waals surface area (Å²) in [6, 6.07) is 0.418. The van der Waals surface area contributed by atoms with E-state index < -0.39 is 0 Å². The van der Waals surface area contributed by atoms with E-state index in [0.29, 0.717) is 17.5 Å². The Morgan fingerprint density at radius 2 is 2.04 bits per heavy atom. The molecule has 1 N–H and O–H groups in total. The number of nitrogens with zero attached hydrogens (tertiary/aromatic N) is 2. The topological polar surface area (TPSA) is 18.5 Å². The van der Waals surface area contributed by atoms with Crippen LogP contribution in [0.2, 0.25) is 0 Å². The van der Waals surface area contributed by atoms with Crippen molar-refractivity contribution < 1.29 is 0 Å². The van der Waals surface area contributed by atoms with Crippen LogP contribution in [0.15, 0.2) is 60.0 Å². The van der Waals surface area contributed by atoms with Gasteiger partial charge < -0.3 is 4.90 Å². The zero-order valence-electron chi connectivity index (χ0n) is 14.4. The Labute approximate surface area is 144 Å². The number of thioether (sulfide) groups is 1. The second-order valence-electron chi connectivity index (χ2n) is 6.47. The summed E-state index contributed by atoms with van der Waals surface area (Å²) in [5.41, 5.74) is 6.08. The van der Waals surface area contributed by atoms with Crippen molar-refractivity contribution in [2.75, 3.05) is 26.4 Å². The van der Waals surface area contributed by atoms with Crippen LogP contribution in [0, 0.1) is 0 Å². The van der Waals surface area contributed by atoms with Crippen LogP contribution in [0.1, 0.15) is 13.3 Å². The van der Waals surface area contributed by atoms with Crippen molar-refractivity contribution in [3.05, 3.63) is 60.0 Å². The van der Waals surface area contributed by atoms with Gasteiger partial charge in [0, 0.05) is 35.3 Å². The molecule has 0 aromatic rings. The molecule has 3 atom stereocenters. The van der Waals surface area contributed by atoms with Gasteiger partial charge in [-0.2, -0.15) is 11.8 Å². The average molecular weight is 330 g/mol. The van der Waals surface area contributed by atoms with Gasteiger partial charge in [0.25, 0.3) is 0 Å². The Morgan fingerprint density at radius 3 is 2.57 bits per heavy atom. The third-order valence-corrected chi connectivity index (χ3v) is 6.37. The normalized spacial score (nSPS) is 31.9. The van der Waals surface area contributed by atoms with Gasteiger partial charge in [0.2, 0.25) is 0 Å². The Balaban J connectivity index is 2.13. The minimum Gasteiger partial charge on any atom is -0.337 e. The maximum atomic E-state index is 4.32. The maximum absolute atomic E-state index is 4.32. The minimum absolute atomic E-state index is 0.377. The summed E-state index contributed by atoms with van der Waals surface area (Å²) in [6.07, 6.45) is 7.68. The summed E-state index contributed by atoms with van der Waals surface area (Å²) in [7, 11) is 2.21. The molecule has 0 aromatic heterocycles. The van der Waals surface area contributed by atoms with E-state index in [0.717, 1.165) is 25.1 Å². The van der Waals surface area contributed by atoms with Gasteiger partial charge in [0.1, 0.15) is 0 Å². The molecule has 3 rings (SSSR count). The molecule has 3 heterocycles. The predicted octanol–water partition coefficient (Wildman–Crippen LogP) is 3.12. The van der Waals surface area contributed by atoms with Crippen LogP contribution in [-0.2, 0) is 0 Å². The fourth-order valence-electron chi connectivity index (χ4n) is 4.14. The van der Waals surface area contributed by atoms with Gasteiger partial charge in [-0.3, -0.25) is 10.2 Å². The maximum Gasteiger partial charge on any atom is 0.0810 e. The third-order valence-electron chi connectivity index (χ3n) is 5.39. The highest BCUT2D eigenvalue weighted by Crippen LogP contribution is 2.47. The molecule has 0 aliphatic carbocycles. The van der Waals surface area contributed by atoms with Crippen LogP contribution in [0.3, 0.4) is 0 Å². The number of fused-ring (bicyclic) bond motifs is 1. The van der Waals surface area contributed by atoms with Gasteiger partial charge in [-0.05, 0) is 43.9 Å². The fraction of sp³-hybridized carbons (Fsp3) is 0.474. The Hall–Kier alpha value is -1.23. The molecular weight excluding hydrogens is 302 g/mol. The lowest BCUT2D eigenvalue weighted by Crippen LogP contribution is -2.49. The first-order valence-electron chi connectivity index (χ1n) is 8.20. The first-order chi connectivity index (χ1) is 11.0. The molecule has 3 aliphatic heterocycles. The molecule has 0 amide bonds.